The zero-order valence-corrected chi connectivity index (χ0v) is 13.1. The van der Waals surface area contributed by atoms with E-state index in [4.69, 9.17) is 0 Å². The first-order valence-electron chi connectivity index (χ1n) is 8.29. The van der Waals surface area contributed by atoms with Crippen molar-refractivity contribution in [2.75, 3.05) is 33.2 Å². The van der Waals surface area contributed by atoms with Crippen LogP contribution in [-0.2, 0) is 19.3 Å². The van der Waals surface area contributed by atoms with Gasteiger partial charge in [0, 0.05) is 32.2 Å². The van der Waals surface area contributed by atoms with Gasteiger partial charge in [0.2, 0.25) is 0 Å². The third-order valence-corrected chi connectivity index (χ3v) is 5.23. The van der Waals surface area contributed by atoms with Gasteiger partial charge < -0.3 is 4.90 Å². The molecule has 110 valence electrons. The zero-order chi connectivity index (χ0) is 13.9. The predicted octanol–water partition coefficient (Wildman–Crippen LogP) is 2.74. The fourth-order valence-electron chi connectivity index (χ4n) is 3.72. The van der Waals surface area contributed by atoms with E-state index in [1.165, 1.54) is 57.4 Å². The van der Waals surface area contributed by atoms with Gasteiger partial charge in [0.15, 0.2) is 0 Å². The lowest BCUT2D eigenvalue weighted by atomic mass is 9.99. The molecule has 0 radical (unpaired) electrons. The highest BCUT2D eigenvalue weighted by Crippen LogP contribution is 2.25. The van der Waals surface area contributed by atoms with Gasteiger partial charge >= 0.3 is 0 Å². The molecule has 1 unspecified atom stereocenters. The molecule has 1 aromatic carbocycles. The number of hydrogen-bond acceptors (Lipinski definition) is 2. The molecule has 0 bridgehead atoms. The second-order valence-corrected chi connectivity index (χ2v) is 6.53. The van der Waals surface area contributed by atoms with Crippen molar-refractivity contribution in [3.63, 3.8) is 0 Å². The molecule has 0 spiro atoms. The van der Waals surface area contributed by atoms with Crippen LogP contribution in [0.15, 0.2) is 18.2 Å². The van der Waals surface area contributed by atoms with Crippen molar-refractivity contribution in [1.29, 1.82) is 0 Å². The van der Waals surface area contributed by atoms with E-state index in [0.717, 1.165) is 12.5 Å². The van der Waals surface area contributed by atoms with Crippen LogP contribution in [0.25, 0.3) is 0 Å². The molecule has 1 aliphatic carbocycles. The SMILES string of the molecule is CCc1ccc2c(c1)CCC(N1CCN(C)CC1)CC2. The number of piperazine rings is 1. The Morgan fingerprint density at radius 1 is 1.00 bits per heavy atom. The summed E-state index contributed by atoms with van der Waals surface area (Å²) >= 11 is 0. The van der Waals surface area contributed by atoms with Crippen LogP contribution >= 0.6 is 0 Å². The van der Waals surface area contributed by atoms with Crippen molar-refractivity contribution < 1.29 is 0 Å². The van der Waals surface area contributed by atoms with Crippen LogP contribution in [0.4, 0.5) is 0 Å². The number of fused-ring (bicyclic) bond motifs is 1. The monoisotopic (exact) mass is 272 g/mol. The minimum atomic E-state index is 0.807. The van der Waals surface area contributed by atoms with Gasteiger partial charge in [-0.2, -0.15) is 0 Å². The second kappa shape index (κ2) is 6.28. The largest absolute Gasteiger partial charge is 0.304 e. The smallest absolute Gasteiger partial charge is 0.0113 e. The Morgan fingerprint density at radius 2 is 1.70 bits per heavy atom. The molecule has 0 saturated carbocycles. The Hall–Kier alpha value is -0.860. The minimum absolute atomic E-state index is 0.807. The van der Waals surface area contributed by atoms with E-state index in [-0.39, 0.29) is 0 Å². The molecule has 1 heterocycles. The molecule has 2 heteroatoms. The summed E-state index contributed by atoms with van der Waals surface area (Å²) in [6.45, 7) is 7.26. The van der Waals surface area contributed by atoms with Crippen molar-refractivity contribution in [3.05, 3.63) is 34.9 Å². The first-order chi connectivity index (χ1) is 9.76. The maximum absolute atomic E-state index is 2.74. The van der Waals surface area contributed by atoms with Gasteiger partial charge in [-0.1, -0.05) is 25.1 Å². The van der Waals surface area contributed by atoms with E-state index in [2.05, 4.69) is 42.0 Å². The van der Waals surface area contributed by atoms with Crippen LogP contribution in [0.3, 0.4) is 0 Å². The number of likely N-dealkylation sites (N-methyl/N-ethyl adjacent to an activating group) is 1. The second-order valence-electron chi connectivity index (χ2n) is 6.53. The number of aryl methyl sites for hydroxylation is 3. The number of benzene rings is 1. The van der Waals surface area contributed by atoms with E-state index >= 15 is 0 Å². The topological polar surface area (TPSA) is 6.48 Å². The Bertz CT molecular complexity index is 447. The van der Waals surface area contributed by atoms with E-state index in [1.54, 1.807) is 11.1 Å². The van der Waals surface area contributed by atoms with Crippen molar-refractivity contribution in [2.24, 2.45) is 0 Å². The molecular weight excluding hydrogens is 244 g/mol. The molecule has 0 amide bonds. The summed E-state index contributed by atoms with van der Waals surface area (Å²) in [5.74, 6) is 0. The van der Waals surface area contributed by atoms with Crippen molar-refractivity contribution in [2.45, 2.75) is 45.1 Å². The van der Waals surface area contributed by atoms with Crippen LogP contribution in [-0.4, -0.2) is 49.1 Å². The molecule has 1 saturated heterocycles. The average Bonchev–Trinajstić information content (AvgIpc) is 2.70. The summed E-state index contributed by atoms with van der Waals surface area (Å²) in [5.41, 5.74) is 4.74. The first-order valence-corrected chi connectivity index (χ1v) is 8.29. The summed E-state index contributed by atoms with van der Waals surface area (Å²) in [7, 11) is 2.24. The molecule has 2 nitrogen and oxygen atoms in total. The van der Waals surface area contributed by atoms with Gasteiger partial charge in [-0.3, -0.25) is 4.90 Å². The Kier molecular flexibility index (Phi) is 4.42. The van der Waals surface area contributed by atoms with Gasteiger partial charge in [0.25, 0.3) is 0 Å². The normalized spacial score (nSPS) is 25.2. The molecule has 0 aromatic heterocycles. The van der Waals surface area contributed by atoms with Crippen LogP contribution < -0.4 is 0 Å². The lowest BCUT2D eigenvalue weighted by molar-refractivity contribution is 0.104. The number of hydrogen-bond donors (Lipinski definition) is 0. The summed E-state index contributed by atoms with van der Waals surface area (Å²) in [6.07, 6.45) is 6.41. The molecule has 1 atom stereocenters. The van der Waals surface area contributed by atoms with Gasteiger partial charge in [-0.25, -0.2) is 0 Å². The van der Waals surface area contributed by atoms with Crippen LogP contribution in [0, 0.1) is 0 Å². The lowest BCUT2D eigenvalue weighted by Crippen LogP contribution is -2.49. The standard InChI is InChI=1S/C18H28N2/c1-3-15-4-5-16-6-8-18(9-7-17(16)14-15)20-12-10-19(2)11-13-20/h4-5,14,18H,3,6-13H2,1-2H3. The summed E-state index contributed by atoms with van der Waals surface area (Å²) in [6, 6.07) is 7.98. The predicted molar refractivity (Wildman–Crippen MR) is 85.3 cm³/mol. The molecular formula is C18H28N2. The van der Waals surface area contributed by atoms with Crippen molar-refractivity contribution in [3.8, 4) is 0 Å². The van der Waals surface area contributed by atoms with E-state index in [9.17, 15) is 0 Å². The lowest BCUT2D eigenvalue weighted by Gasteiger charge is -2.37. The van der Waals surface area contributed by atoms with Crippen LogP contribution in [0.1, 0.15) is 36.5 Å². The molecule has 1 aromatic rings. The van der Waals surface area contributed by atoms with Gasteiger partial charge in [-0.15, -0.1) is 0 Å². The molecule has 1 fully saturated rings. The molecule has 3 rings (SSSR count). The molecule has 20 heavy (non-hydrogen) atoms. The van der Waals surface area contributed by atoms with E-state index < -0.39 is 0 Å². The van der Waals surface area contributed by atoms with Crippen LogP contribution in [0.5, 0.6) is 0 Å². The Labute approximate surface area is 123 Å². The minimum Gasteiger partial charge on any atom is -0.304 e. The number of rotatable bonds is 2. The maximum atomic E-state index is 2.74. The van der Waals surface area contributed by atoms with Gasteiger partial charge in [0.1, 0.15) is 0 Å². The Morgan fingerprint density at radius 3 is 2.40 bits per heavy atom. The van der Waals surface area contributed by atoms with E-state index in [0.29, 0.717) is 0 Å². The number of nitrogens with zero attached hydrogens (tertiary/aromatic N) is 2. The third kappa shape index (κ3) is 3.07. The fourth-order valence-corrected chi connectivity index (χ4v) is 3.72. The Balaban J connectivity index is 1.66. The molecule has 1 aliphatic heterocycles. The van der Waals surface area contributed by atoms with Gasteiger partial charge in [0.05, 0.1) is 0 Å². The first kappa shape index (κ1) is 14.1. The summed E-state index contributed by atoms with van der Waals surface area (Å²) < 4.78 is 0. The highest BCUT2D eigenvalue weighted by Gasteiger charge is 2.24. The highest BCUT2D eigenvalue weighted by molar-refractivity contribution is 5.33. The quantitative estimate of drug-likeness (QED) is 0.764. The highest BCUT2D eigenvalue weighted by atomic mass is 15.3. The summed E-state index contributed by atoms with van der Waals surface area (Å²) in [5, 5.41) is 0. The molecule has 2 aliphatic rings. The fraction of sp³-hybridized carbons (Fsp3) is 0.667. The zero-order valence-electron chi connectivity index (χ0n) is 13.1. The van der Waals surface area contributed by atoms with Crippen molar-refractivity contribution in [1.82, 2.24) is 9.80 Å². The van der Waals surface area contributed by atoms with Crippen LogP contribution in [0.2, 0.25) is 0 Å². The molecule has 0 N–H and O–H groups in total. The van der Waals surface area contributed by atoms with Crippen molar-refractivity contribution >= 4 is 0 Å². The van der Waals surface area contributed by atoms with Gasteiger partial charge in [-0.05, 0) is 55.8 Å². The average molecular weight is 272 g/mol. The summed E-state index contributed by atoms with van der Waals surface area (Å²) in [4.78, 5) is 5.20. The maximum Gasteiger partial charge on any atom is 0.0113 e. The third-order valence-electron chi connectivity index (χ3n) is 5.23. The van der Waals surface area contributed by atoms with E-state index in [1.807, 2.05) is 0 Å².